The SMILES string of the molecule is Cc1ccc(NC(=O)CCCC(C)N)c2cccnc12. The van der Waals surface area contributed by atoms with Crippen LogP contribution in [0.2, 0.25) is 0 Å². The monoisotopic (exact) mass is 271 g/mol. The van der Waals surface area contributed by atoms with Crippen molar-refractivity contribution < 1.29 is 4.79 Å². The van der Waals surface area contributed by atoms with E-state index in [1.807, 2.05) is 38.1 Å². The molecule has 1 aromatic carbocycles. The molecule has 1 amide bonds. The first-order valence-electron chi connectivity index (χ1n) is 6.97. The van der Waals surface area contributed by atoms with E-state index in [4.69, 9.17) is 5.73 Å². The summed E-state index contributed by atoms with van der Waals surface area (Å²) in [7, 11) is 0. The molecule has 0 aliphatic heterocycles. The van der Waals surface area contributed by atoms with Crippen LogP contribution in [0.3, 0.4) is 0 Å². The smallest absolute Gasteiger partial charge is 0.224 e. The van der Waals surface area contributed by atoms with Crippen LogP contribution in [0.15, 0.2) is 30.5 Å². The fourth-order valence-corrected chi connectivity index (χ4v) is 2.22. The molecule has 0 bridgehead atoms. The number of anilines is 1. The molecule has 4 nitrogen and oxygen atoms in total. The Morgan fingerprint density at radius 2 is 2.20 bits per heavy atom. The zero-order valence-corrected chi connectivity index (χ0v) is 12.0. The number of nitrogens with zero attached hydrogens (tertiary/aromatic N) is 1. The minimum absolute atomic E-state index is 0.0275. The molecule has 0 spiro atoms. The topological polar surface area (TPSA) is 68.0 Å². The first-order chi connectivity index (χ1) is 9.58. The maximum Gasteiger partial charge on any atom is 0.224 e. The lowest BCUT2D eigenvalue weighted by atomic mass is 10.1. The van der Waals surface area contributed by atoms with Gasteiger partial charge in [-0.1, -0.05) is 6.07 Å². The third-order valence-electron chi connectivity index (χ3n) is 3.31. The van der Waals surface area contributed by atoms with E-state index in [0.29, 0.717) is 6.42 Å². The standard InChI is InChI=1S/C16H21N3O/c1-11-8-9-14(13-6-4-10-18-16(11)13)19-15(20)7-3-5-12(2)17/h4,6,8-10,12H,3,5,7,17H2,1-2H3,(H,19,20). The van der Waals surface area contributed by atoms with Crippen LogP contribution < -0.4 is 11.1 Å². The molecule has 1 atom stereocenters. The van der Waals surface area contributed by atoms with E-state index in [1.165, 1.54) is 0 Å². The number of nitrogens with one attached hydrogen (secondary N) is 1. The summed E-state index contributed by atoms with van der Waals surface area (Å²) in [5, 5.41) is 3.95. The third-order valence-corrected chi connectivity index (χ3v) is 3.31. The summed E-state index contributed by atoms with van der Waals surface area (Å²) in [5.74, 6) is 0.0275. The van der Waals surface area contributed by atoms with Crippen LogP contribution in [0.1, 0.15) is 31.7 Å². The summed E-state index contributed by atoms with van der Waals surface area (Å²) >= 11 is 0. The minimum Gasteiger partial charge on any atom is -0.328 e. The molecule has 3 N–H and O–H groups in total. The van der Waals surface area contributed by atoms with E-state index >= 15 is 0 Å². The highest BCUT2D eigenvalue weighted by atomic mass is 16.1. The molecule has 1 heterocycles. The molecule has 2 rings (SSSR count). The Labute approximate surface area is 119 Å². The van der Waals surface area contributed by atoms with Crippen molar-refractivity contribution in [2.24, 2.45) is 5.73 Å². The van der Waals surface area contributed by atoms with Gasteiger partial charge >= 0.3 is 0 Å². The van der Waals surface area contributed by atoms with Crippen molar-refractivity contribution in [2.75, 3.05) is 5.32 Å². The Hall–Kier alpha value is -1.94. The number of nitrogens with two attached hydrogens (primary N) is 1. The Kier molecular flexibility index (Phi) is 4.69. The highest BCUT2D eigenvalue weighted by Gasteiger charge is 2.08. The average molecular weight is 271 g/mol. The number of hydrogen-bond donors (Lipinski definition) is 2. The van der Waals surface area contributed by atoms with Crippen LogP contribution in [-0.2, 0) is 4.79 Å². The number of carbonyl (C=O) groups excluding carboxylic acids is 1. The van der Waals surface area contributed by atoms with Crippen molar-refractivity contribution in [2.45, 2.75) is 39.2 Å². The number of aromatic nitrogens is 1. The van der Waals surface area contributed by atoms with Gasteiger partial charge in [-0.15, -0.1) is 0 Å². The Balaban J connectivity index is 2.10. The van der Waals surface area contributed by atoms with Gasteiger partial charge in [0.25, 0.3) is 0 Å². The Morgan fingerprint density at radius 1 is 1.40 bits per heavy atom. The van der Waals surface area contributed by atoms with Crippen LogP contribution in [0, 0.1) is 6.92 Å². The van der Waals surface area contributed by atoms with Crippen molar-refractivity contribution in [3.8, 4) is 0 Å². The lowest BCUT2D eigenvalue weighted by molar-refractivity contribution is -0.116. The van der Waals surface area contributed by atoms with Gasteiger partial charge in [-0.25, -0.2) is 0 Å². The molecule has 1 unspecified atom stereocenters. The second-order valence-corrected chi connectivity index (χ2v) is 5.25. The molecule has 4 heteroatoms. The molecular formula is C16H21N3O. The second-order valence-electron chi connectivity index (χ2n) is 5.25. The largest absolute Gasteiger partial charge is 0.328 e. The van der Waals surface area contributed by atoms with Crippen molar-refractivity contribution in [3.05, 3.63) is 36.0 Å². The number of amides is 1. The summed E-state index contributed by atoms with van der Waals surface area (Å²) in [6.07, 6.45) is 3.94. The second kappa shape index (κ2) is 6.48. The van der Waals surface area contributed by atoms with E-state index in [1.54, 1.807) is 6.20 Å². The summed E-state index contributed by atoms with van der Waals surface area (Å²) in [6.45, 7) is 3.97. The van der Waals surface area contributed by atoms with Gasteiger partial charge in [0.15, 0.2) is 0 Å². The van der Waals surface area contributed by atoms with Crippen LogP contribution in [0.25, 0.3) is 10.9 Å². The van der Waals surface area contributed by atoms with E-state index < -0.39 is 0 Å². The summed E-state index contributed by atoms with van der Waals surface area (Å²) in [6, 6.07) is 7.92. The highest BCUT2D eigenvalue weighted by Crippen LogP contribution is 2.24. The van der Waals surface area contributed by atoms with E-state index in [-0.39, 0.29) is 11.9 Å². The number of aryl methyl sites for hydroxylation is 1. The minimum atomic E-state index is 0.0275. The quantitative estimate of drug-likeness (QED) is 0.878. The van der Waals surface area contributed by atoms with Crippen LogP contribution in [0.4, 0.5) is 5.69 Å². The van der Waals surface area contributed by atoms with Gasteiger partial charge in [0, 0.05) is 24.0 Å². The van der Waals surface area contributed by atoms with E-state index in [2.05, 4.69) is 10.3 Å². The maximum atomic E-state index is 12.0. The Bertz CT molecular complexity index is 608. The number of pyridine rings is 1. The number of carbonyl (C=O) groups is 1. The molecular weight excluding hydrogens is 250 g/mol. The summed E-state index contributed by atoms with van der Waals surface area (Å²) in [5.41, 5.74) is 8.54. The average Bonchev–Trinajstić information content (AvgIpc) is 2.42. The fraction of sp³-hybridized carbons (Fsp3) is 0.375. The molecule has 0 fully saturated rings. The molecule has 20 heavy (non-hydrogen) atoms. The van der Waals surface area contributed by atoms with Gasteiger partial charge in [-0.05, 0) is 50.5 Å². The van der Waals surface area contributed by atoms with Gasteiger partial charge in [0.1, 0.15) is 0 Å². The zero-order valence-electron chi connectivity index (χ0n) is 12.0. The molecule has 0 radical (unpaired) electrons. The van der Waals surface area contributed by atoms with Crippen molar-refractivity contribution in [1.82, 2.24) is 4.98 Å². The molecule has 0 saturated heterocycles. The van der Waals surface area contributed by atoms with Crippen LogP contribution in [-0.4, -0.2) is 16.9 Å². The zero-order chi connectivity index (χ0) is 14.5. The molecule has 2 aromatic rings. The predicted molar refractivity (Wildman–Crippen MR) is 82.6 cm³/mol. The molecule has 0 saturated carbocycles. The van der Waals surface area contributed by atoms with Gasteiger partial charge in [-0.2, -0.15) is 0 Å². The van der Waals surface area contributed by atoms with Crippen molar-refractivity contribution in [1.29, 1.82) is 0 Å². The van der Waals surface area contributed by atoms with Crippen molar-refractivity contribution in [3.63, 3.8) is 0 Å². The van der Waals surface area contributed by atoms with Gasteiger partial charge in [-0.3, -0.25) is 9.78 Å². The summed E-state index contributed by atoms with van der Waals surface area (Å²) in [4.78, 5) is 16.3. The number of rotatable bonds is 5. The first kappa shape index (κ1) is 14.5. The van der Waals surface area contributed by atoms with Crippen molar-refractivity contribution >= 4 is 22.5 Å². The highest BCUT2D eigenvalue weighted by molar-refractivity contribution is 6.01. The first-order valence-corrected chi connectivity index (χ1v) is 6.97. The number of hydrogen-bond acceptors (Lipinski definition) is 3. The normalized spacial score (nSPS) is 12.3. The van der Waals surface area contributed by atoms with Crippen LogP contribution >= 0.6 is 0 Å². The molecule has 106 valence electrons. The van der Waals surface area contributed by atoms with Gasteiger partial charge in [0.05, 0.1) is 11.2 Å². The third kappa shape index (κ3) is 3.54. The molecule has 1 aromatic heterocycles. The maximum absolute atomic E-state index is 12.0. The Morgan fingerprint density at radius 3 is 2.95 bits per heavy atom. The van der Waals surface area contributed by atoms with E-state index in [0.717, 1.165) is 35.0 Å². The fourth-order valence-electron chi connectivity index (χ4n) is 2.22. The molecule has 0 aliphatic carbocycles. The number of fused-ring (bicyclic) bond motifs is 1. The lowest BCUT2D eigenvalue weighted by Gasteiger charge is -2.10. The van der Waals surface area contributed by atoms with Gasteiger partial charge < -0.3 is 11.1 Å². The predicted octanol–water partition coefficient (Wildman–Crippen LogP) is 3.00. The van der Waals surface area contributed by atoms with Gasteiger partial charge in [0.2, 0.25) is 5.91 Å². The number of benzene rings is 1. The van der Waals surface area contributed by atoms with E-state index in [9.17, 15) is 4.79 Å². The molecule has 0 aliphatic rings. The summed E-state index contributed by atoms with van der Waals surface area (Å²) < 4.78 is 0. The lowest BCUT2D eigenvalue weighted by Crippen LogP contribution is -2.17. The van der Waals surface area contributed by atoms with Crippen LogP contribution in [0.5, 0.6) is 0 Å².